The van der Waals surface area contributed by atoms with E-state index in [9.17, 15) is 13.2 Å². The van der Waals surface area contributed by atoms with Gasteiger partial charge >= 0.3 is 0 Å². The molecule has 2 bridgehead atoms. The Morgan fingerprint density at radius 3 is 2.50 bits per heavy atom. The van der Waals surface area contributed by atoms with E-state index in [1.165, 1.54) is 30.6 Å². The smallest absolute Gasteiger partial charge is 0.264 e. The average Bonchev–Trinajstić information content (AvgIpc) is 3.31. The number of nitrogens with zero attached hydrogens (tertiary/aromatic N) is 1. The van der Waals surface area contributed by atoms with E-state index in [-0.39, 0.29) is 16.8 Å². The molecule has 2 aromatic carbocycles. The fourth-order valence-corrected chi connectivity index (χ4v) is 5.85. The molecule has 0 unspecified atom stereocenters. The monoisotopic (exact) mass is 418 g/mol. The maximum absolute atomic E-state index is 12.9. The summed E-state index contributed by atoms with van der Waals surface area (Å²) >= 11 is 6.26. The summed E-state index contributed by atoms with van der Waals surface area (Å²) in [6.07, 6.45) is 4.64. The van der Waals surface area contributed by atoms with Crippen LogP contribution in [0, 0.1) is 11.8 Å². The SMILES string of the molecule is CN(c1ccc(Cl)c(C(=O)N[C@H]2C[C@H]3CC[C@H]2C3)c1)S(=O)(=O)c1ccccc1. The van der Waals surface area contributed by atoms with E-state index in [2.05, 4.69) is 5.32 Å². The van der Waals surface area contributed by atoms with Gasteiger partial charge in [-0.05, 0) is 61.4 Å². The van der Waals surface area contributed by atoms with Crippen molar-refractivity contribution in [3.05, 3.63) is 59.1 Å². The lowest BCUT2D eigenvalue weighted by molar-refractivity contribution is 0.0923. The summed E-state index contributed by atoms with van der Waals surface area (Å²) in [4.78, 5) is 13.0. The van der Waals surface area contributed by atoms with Gasteiger partial charge in [0.05, 0.1) is 21.2 Å². The van der Waals surface area contributed by atoms with Crippen LogP contribution < -0.4 is 9.62 Å². The van der Waals surface area contributed by atoms with Crippen LogP contribution in [0.3, 0.4) is 0 Å². The van der Waals surface area contributed by atoms with Crippen molar-refractivity contribution in [1.82, 2.24) is 5.32 Å². The predicted octanol–water partition coefficient (Wildman–Crippen LogP) is 4.08. The molecule has 148 valence electrons. The van der Waals surface area contributed by atoms with E-state index in [0.717, 1.165) is 12.3 Å². The molecular formula is C21H23ClN2O3S. The number of fused-ring (bicyclic) bond motifs is 2. The first-order chi connectivity index (χ1) is 13.4. The van der Waals surface area contributed by atoms with Crippen LogP contribution in [0.5, 0.6) is 0 Å². The molecule has 2 fully saturated rings. The molecule has 2 aliphatic carbocycles. The van der Waals surface area contributed by atoms with Crippen LogP contribution in [0.2, 0.25) is 5.02 Å². The lowest BCUT2D eigenvalue weighted by Gasteiger charge is -2.24. The van der Waals surface area contributed by atoms with Crippen molar-refractivity contribution in [1.29, 1.82) is 0 Å². The topological polar surface area (TPSA) is 66.5 Å². The Kier molecular flexibility index (Phi) is 5.10. The molecule has 28 heavy (non-hydrogen) atoms. The normalized spacial score (nSPS) is 23.6. The van der Waals surface area contributed by atoms with Crippen LogP contribution >= 0.6 is 11.6 Å². The van der Waals surface area contributed by atoms with Gasteiger partial charge in [-0.15, -0.1) is 0 Å². The molecule has 0 heterocycles. The minimum atomic E-state index is -3.72. The lowest BCUT2D eigenvalue weighted by Crippen LogP contribution is -2.38. The van der Waals surface area contributed by atoms with Crippen LogP contribution in [0.1, 0.15) is 36.0 Å². The average molecular weight is 419 g/mol. The molecule has 0 aromatic heterocycles. The van der Waals surface area contributed by atoms with Gasteiger partial charge in [-0.25, -0.2) is 8.42 Å². The van der Waals surface area contributed by atoms with Crippen molar-refractivity contribution in [2.24, 2.45) is 11.8 Å². The van der Waals surface area contributed by atoms with Gasteiger partial charge in [0.15, 0.2) is 0 Å². The molecule has 5 nitrogen and oxygen atoms in total. The predicted molar refractivity (Wildman–Crippen MR) is 110 cm³/mol. The Morgan fingerprint density at radius 1 is 1.11 bits per heavy atom. The summed E-state index contributed by atoms with van der Waals surface area (Å²) in [5.74, 6) is 1.03. The Hall–Kier alpha value is -2.05. The number of anilines is 1. The zero-order chi connectivity index (χ0) is 19.9. The third-order valence-corrected chi connectivity index (χ3v) is 8.14. The molecule has 7 heteroatoms. The van der Waals surface area contributed by atoms with Crippen molar-refractivity contribution in [3.63, 3.8) is 0 Å². The largest absolute Gasteiger partial charge is 0.349 e. The highest BCUT2D eigenvalue weighted by atomic mass is 35.5. The maximum Gasteiger partial charge on any atom is 0.264 e. The van der Waals surface area contributed by atoms with Crippen molar-refractivity contribution in [2.45, 2.75) is 36.6 Å². The van der Waals surface area contributed by atoms with Crippen molar-refractivity contribution in [2.75, 3.05) is 11.4 Å². The zero-order valence-electron chi connectivity index (χ0n) is 15.6. The number of amides is 1. The van der Waals surface area contributed by atoms with Gasteiger partial charge in [-0.3, -0.25) is 9.10 Å². The number of sulfonamides is 1. The van der Waals surface area contributed by atoms with Crippen LogP contribution in [0.4, 0.5) is 5.69 Å². The highest BCUT2D eigenvalue weighted by Crippen LogP contribution is 2.44. The minimum absolute atomic E-state index is 0.191. The number of carbonyl (C=O) groups excluding carboxylic acids is 1. The number of halogens is 1. The molecule has 0 saturated heterocycles. The molecule has 0 radical (unpaired) electrons. The number of nitrogens with one attached hydrogen (secondary N) is 1. The van der Waals surface area contributed by atoms with E-state index in [1.807, 2.05) is 0 Å². The van der Waals surface area contributed by atoms with Crippen molar-refractivity contribution < 1.29 is 13.2 Å². The van der Waals surface area contributed by atoms with Crippen molar-refractivity contribution in [3.8, 4) is 0 Å². The Bertz CT molecular complexity index is 994. The second kappa shape index (κ2) is 7.41. The molecular weight excluding hydrogens is 396 g/mol. The lowest BCUT2D eigenvalue weighted by atomic mass is 9.95. The summed E-state index contributed by atoms with van der Waals surface area (Å²) in [5.41, 5.74) is 0.698. The first-order valence-corrected chi connectivity index (χ1v) is 11.3. The second-order valence-electron chi connectivity index (χ2n) is 7.70. The third-order valence-electron chi connectivity index (χ3n) is 6.01. The summed E-state index contributed by atoms with van der Waals surface area (Å²) < 4.78 is 26.9. The van der Waals surface area contributed by atoms with Crippen LogP contribution in [0.25, 0.3) is 0 Å². The highest BCUT2D eigenvalue weighted by molar-refractivity contribution is 7.92. The summed E-state index contributed by atoms with van der Waals surface area (Å²) in [7, 11) is -2.24. The number of rotatable bonds is 5. The van der Waals surface area contributed by atoms with E-state index in [0.29, 0.717) is 22.2 Å². The number of benzene rings is 2. The van der Waals surface area contributed by atoms with Gasteiger partial charge in [0.2, 0.25) is 0 Å². The molecule has 0 aliphatic heterocycles. The Balaban J connectivity index is 1.57. The van der Waals surface area contributed by atoms with Crippen LogP contribution in [-0.2, 0) is 10.0 Å². The van der Waals surface area contributed by atoms with Crippen LogP contribution in [-0.4, -0.2) is 27.4 Å². The fourth-order valence-electron chi connectivity index (χ4n) is 4.44. The van der Waals surface area contributed by atoms with Crippen molar-refractivity contribution >= 4 is 33.2 Å². The molecule has 4 rings (SSSR count). The van der Waals surface area contributed by atoms with Gasteiger partial charge in [0, 0.05) is 13.1 Å². The van der Waals surface area contributed by atoms with E-state index in [1.54, 1.807) is 48.5 Å². The standard InChI is InChI=1S/C21H23ClN2O3S/c1-24(28(26,27)17-5-3-2-4-6-17)16-9-10-19(22)18(13-16)21(25)23-20-12-14-7-8-15(20)11-14/h2-6,9-10,13-15,20H,7-8,11-12H2,1H3,(H,23,25)/t14-,15-,20-/m0/s1. The molecule has 0 spiro atoms. The molecule has 1 amide bonds. The fraction of sp³-hybridized carbons (Fsp3) is 0.381. The van der Waals surface area contributed by atoms with E-state index >= 15 is 0 Å². The summed E-state index contributed by atoms with van der Waals surface area (Å²) in [5, 5.41) is 3.43. The van der Waals surface area contributed by atoms with Gasteiger partial charge in [0.25, 0.3) is 15.9 Å². The quantitative estimate of drug-likeness (QED) is 0.795. The third kappa shape index (κ3) is 3.51. The Labute approximate surface area is 170 Å². The molecule has 2 aliphatic rings. The molecule has 2 aromatic rings. The number of hydrogen-bond acceptors (Lipinski definition) is 3. The summed E-state index contributed by atoms with van der Waals surface area (Å²) in [6, 6.07) is 13.1. The molecule has 3 atom stereocenters. The van der Waals surface area contributed by atoms with Crippen LogP contribution in [0.15, 0.2) is 53.4 Å². The number of carbonyl (C=O) groups is 1. The van der Waals surface area contributed by atoms with Gasteiger partial charge in [0.1, 0.15) is 0 Å². The molecule has 1 N–H and O–H groups in total. The first-order valence-electron chi connectivity index (χ1n) is 9.50. The highest BCUT2D eigenvalue weighted by Gasteiger charge is 2.40. The van der Waals surface area contributed by atoms with Gasteiger partial charge < -0.3 is 5.32 Å². The van der Waals surface area contributed by atoms with Gasteiger partial charge in [-0.2, -0.15) is 0 Å². The van der Waals surface area contributed by atoms with E-state index in [4.69, 9.17) is 11.6 Å². The minimum Gasteiger partial charge on any atom is -0.349 e. The van der Waals surface area contributed by atoms with Gasteiger partial charge in [-0.1, -0.05) is 36.2 Å². The molecule has 2 saturated carbocycles. The Morgan fingerprint density at radius 2 is 1.86 bits per heavy atom. The number of hydrogen-bond donors (Lipinski definition) is 1. The zero-order valence-corrected chi connectivity index (χ0v) is 17.2. The first kappa shape index (κ1) is 19.3. The maximum atomic E-state index is 12.9. The second-order valence-corrected chi connectivity index (χ2v) is 10.1. The van der Waals surface area contributed by atoms with E-state index < -0.39 is 10.0 Å². The summed E-state index contributed by atoms with van der Waals surface area (Å²) in [6.45, 7) is 0.